The van der Waals surface area contributed by atoms with E-state index in [1.54, 1.807) is 6.92 Å². The number of alkyl halides is 5. The topological polar surface area (TPSA) is 46.3 Å². The van der Waals surface area contributed by atoms with Crippen molar-refractivity contribution in [3.63, 3.8) is 0 Å². The quantitative estimate of drug-likeness (QED) is 0.243. The lowest BCUT2D eigenvalue weighted by atomic mass is 9.93. The predicted molar refractivity (Wildman–Crippen MR) is 119 cm³/mol. The second-order valence-electron chi connectivity index (χ2n) is 8.52. The molecule has 36 heavy (non-hydrogen) atoms. The summed E-state index contributed by atoms with van der Waals surface area (Å²) in [5.41, 5.74) is -2.56. The molecule has 0 atom stereocenters. The van der Waals surface area contributed by atoms with E-state index in [9.17, 15) is 26.3 Å². The Balaban J connectivity index is 1.95. The Hall–Kier alpha value is -3.88. The first kappa shape index (κ1) is 25.2. The van der Waals surface area contributed by atoms with Crippen LogP contribution in [0.5, 0.6) is 0 Å². The number of hydrogen-bond donors (Lipinski definition) is 0. The molecule has 4 aromatic rings. The van der Waals surface area contributed by atoms with Crippen molar-refractivity contribution in [1.82, 2.24) is 19.6 Å². The number of nitrogens with zero attached hydrogens (tertiary/aromatic N) is 5. The Bertz CT molecular complexity index is 1510. The number of aryl methyl sites for hydroxylation is 1. The third-order valence-corrected chi connectivity index (χ3v) is 5.47. The molecule has 2 aromatic heterocycles. The summed E-state index contributed by atoms with van der Waals surface area (Å²) in [6, 6.07) is 6.95. The third kappa shape index (κ3) is 4.65. The number of anilines is 2. The van der Waals surface area contributed by atoms with Gasteiger partial charge in [-0.15, -0.1) is 10.2 Å². The molecule has 0 saturated carbocycles. The molecule has 0 amide bonds. The average molecular weight is 509 g/mol. The van der Waals surface area contributed by atoms with Gasteiger partial charge < -0.3 is 4.90 Å². The van der Waals surface area contributed by atoms with Crippen LogP contribution < -0.4 is 4.90 Å². The fourth-order valence-corrected chi connectivity index (χ4v) is 3.53. The number of hydrogen-bond acceptors (Lipinski definition) is 4. The fraction of sp³-hybridized carbons (Fsp3) is 0.292. The minimum atomic E-state index is -4.65. The summed E-state index contributed by atoms with van der Waals surface area (Å²) in [5.74, 6) is 2.67. The summed E-state index contributed by atoms with van der Waals surface area (Å²) in [4.78, 5) is 5.10. The molecule has 5 nitrogen and oxygen atoms in total. The highest BCUT2D eigenvalue weighted by Crippen LogP contribution is 2.37. The molecule has 0 spiro atoms. The van der Waals surface area contributed by atoms with Crippen LogP contribution >= 0.6 is 0 Å². The van der Waals surface area contributed by atoms with Crippen molar-refractivity contribution in [1.29, 1.82) is 0 Å². The standard InChI is InChI=1S/C24H18F7N5/c1-13-33-34-22-32-21(20-17(26)5-4-6-18(20)36(13)22)35(12-19(27)28)16-10-14(9-15(25)11-16)7-8-23(2,3)24(29,30)31/h4-6,9-11,19H,12H2,1-3H3. The summed E-state index contributed by atoms with van der Waals surface area (Å²) in [6.07, 6.45) is -7.62. The van der Waals surface area contributed by atoms with Crippen molar-refractivity contribution in [2.45, 2.75) is 33.4 Å². The molecular formula is C24H18F7N5. The number of halogens is 7. The summed E-state index contributed by atoms with van der Waals surface area (Å²) >= 11 is 0. The Morgan fingerprint density at radius 1 is 1.06 bits per heavy atom. The van der Waals surface area contributed by atoms with E-state index < -0.39 is 36.2 Å². The van der Waals surface area contributed by atoms with Crippen LogP contribution in [-0.4, -0.2) is 38.7 Å². The molecule has 0 N–H and O–H groups in total. The maximum Gasteiger partial charge on any atom is 0.404 e. The van der Waals surface area contributed by atoms with Crippen molar-refractivity contribution >= 4 is 28.2 Å². The number of benzene rings is 2. The number of rotatable bonds is 4. The zero-order valence-corrected chi connectivity index (χ0v) is 19.1. The molecular weight excluding hydrogens is 491 g/mol. The van der Waals surface area contributed by atoms with E-state index in [1.165, 1.54) is 16.5 Å². The van der Waals surface area contributed by atoms with Gasteiger partial charge in [-0.1, -0.05) is 17.9 Å². The zero-order chi connectivity index (χ0) is 26.4. The molecule has 0 aliphatic heterocycles. The normalized spacial score (nSPS) is 12.3. The van der Waals surface area contributed by atoms with Gasteiger partial charge in [0.25, 0.3) is 12.2 Å². The maximum absolute atomic E-state index is 15.0. The Labute approximate surface area is 200 Å². The maximum atomic E-state index is 15.0. The lowest BCUT2D eigenvalue weighted by Crippen LogP contribution is -2.30. The first-order chi connectivity index (χ1) is 16.8. The minimum absolute atomic E-state index is 0.0109. The molecule has 188 valence electrons. The van der Waals surface area contributed by atoms with Crippen LogP contribution in [0, 0.1) is 35.8 Å². The molecule has 0 fully saturated rings. The molecule has 0 aliphatic carbocycles. The molecule has 0 radical (unpaired) electrons. The molecule has 0 saturated heterocycles. The van der Waals surface area contributed by atoms with Gasteiger partial charge in [-0.05, 0) is 51.1 Å². The van der Waals surface area contributed by atoms with Crippen molar-refractivity contribution in [3.05, 3.63) is 59.4 Å². The van der Waals surface area contributed by atoms with Crippen molar-refractivity contribution in [3.8, 4) is 11.8 Å². The van der Waals surface area contributed by atoms with Crippen LogP contribution in [0.25, 0.3) is 16.7 Å². The van der Waals surface area contributed by atoms with Gasteiger partial charge in [-0.3, -0.25) is 4.40 Å². The molecule has 2 aromatic carbocycles. The van der Waals surface area contributed by atoms with Gasteiger partial charge in [0.05, 0.1) is 17.4 Å². The van der Waals surface area contributed by atoms with E-state index in [0.29, 0.717) is 5.82 Å². The van der Waals surface area contributed by atoms with Gasteiger partial charge in [-0.2, -0.15) is 18.2 Å². The zero-order valence-electron chi connectivity index (χ0n) is 19.1. The summed E-state index contributed by atoms with van der Waals surface area (Å²) in [6.45, 7) is 2.29. The third-order valence-electron chi connectivity index (χ3n) is 5.47. The summed E-state index contributed by atoms with van der Waals surface area (Å²) in [7, 11) is 0. The monoisotopic (exact) mass is 509 g/mol. The van der Waals surface area contributed by atoms with E-state index in [1.807, 2.05) is 5.92 Å². The lowest BCUT2D eigenvalue weighted by Gasteiger charge is -2.25. The molecule has 4 rings (SSSR count). The molecule has 0 unspecified atom stereocenters. The van der Waals surface area contributed by atoms with Gasteiger partial charge in [-0.25, -0.2) is 17.6 Å². The highest BCUT2D eigenvalue weighted by molar-refractivity contribution is 5.94. The van der Waals surface area contributed by atoms with Crippen molar-refractivity contribution in [2.24, 2.45) is 5.41 Å². The molecule has 0 bridgehead atoms. The number of fused-ring (bicyclic) bond motifs is 3. The highest BCUT2D eigenvalue weighted by Gasteiger charge is 2.46. The van der Waals surface area contributed by atoms with Gasteiger partial charge in [0.2, 0.25) is 0 Å². The van der Waals surface area contributed by atoms with E-state index >= 15 is 4.39 Å². The summed E-state index contributed by atoms with van der Waals surface area (Å²) < 4.78 is 97.9. The van der Waals surface area contributed by atoms with Gasteiger partial charge in [0.15, 0.2) is 0 Å². The Kier molecular flexibility index (Phi) is 6.28. The smallest absolute Gasteiger partial charge is 0.320 e. The molecule has 2 heterocycles. The van der Waals surface area contributed by atoms with Crippen LogP contribution in [0.1, 0.15) is 25.2 Å². The van der Waals surface area contributed by atoms with Crippen molar-refractivity contribution in [2.75, 3.05) is 11.4 Å². The Morgan fingerprint density at radius 2 is 1.78 bits per heavy atom. The van der Waals surface area contributed by atoms with Crippen LogP contribution in [0.3, 0.4) is 0 Å². The minimum Gasteiger partial charge on any atom is -0.320 e. The Morgan fingerprint density at radius 3 is 2.44 bits per heavy atom. The number of aromatic nitrogens is 4. The highest BCUT2D eigenvalue weighted by atomic mass is 19.4. The van der Waals surface area contributed by atoms with E-state index in [2.05, 4.69) is 21.1 Å². The van der Waals surface area contributed by atoms with Crippen LogP contribution in [-0.2, 0) is 0 Å². The largest absolute Gasteiger partial charge is 0.404 e. The molecule has 0 aliphatic rings. The second kappa shape index (κ2) is 8.96. The van der Waals surface area contributed by atoms with E-state index in [0.717, 1.165) is 43.0 Å². The van der Waals surface area contributed by atoms with E-state index in [4.69, 9.17) is 0 Å². The summed E-state index contributed by atoms with van der Waals surface area (Å²) in [5, 5.41) is 7.64. The van der Waals surface area contributed by atoms with Crippen LogP contribution in [0.15, 0.2) is 36.4 Å². The van der Waals surface area contributed by atoms with Crippen LogP contribution in [0.4, 0.5) is 42.2 Å². The lowest BCUT2D eigenvalue weighted by molar-refractivity contribution is -0.190. The SMILES string of the molecule is Cc1nnc2nc(N(CC(F)F)c3cc(F)cc(C#CC(C)(C)C(F)(F)F)c3)c3c(F)cccc3n12. The second-order valence-corrected chi connectivity index (χ2v) is 8.52. The van der Waals surface area contributed by atoms with Gasteiger partial charge in [0.1, 0.15) is 28.7 Å². The first-order valence-electron chi connectivity index (χ1n) is 10.5. The van der Waals surface area contributed by atoms with Crippen molar-refractivity contribution < 1.29 is 30.7 Å². The average Bonchev–Trinajstić information content (AvgIpc) is 3.15. The first-order valence-corrected chi connectivity index (χ1v) is 10.5. The predicted octanol–water partition coefficient (Wildman–Crippen LogP) is 6.21. The molecule has 12 heteroatoms. The van der Waals surface area contributed by atoms with Gasteiger partial charge >= 0.3 is 6.18 Å². The van der Waals surface area contributed by atoms with E-state index in [-0.39, 0.29) is 33.7 Å². The van der Waals surface area contributed by atoms with Gasteiger partial charge in [0, 0.05) is 11.3 Å². The fourth-order valence-electron chi connectivity index (χ4n) is 3.53. The van der Waals surface area contributed by atoms with Crippen LogP contribution in [0.2, 0.25) is 0 Å².